The highest BCUT2D eigenvalue weighted by molar-refractivity contribution is 6.31. The maximum Gasteiger partial charge on any atom is 0.255 e. The highest BCUT2D eigenvalue weighted by Crippen LogP contribution is 2.22. The van der Waals surface area contributed by atoms with Crippen LogP contribution in [0, 0.1) is 0 Å². The molecular weight excluding hydrogens is 356 g/mol. The van der Waals surface area contributed by atoms with E-state index >= 15 is 0 Å². The standard InChI is InChI=1S/C19H21ClN2O4/c1-25-17-8-7-14(20)13-16(17)19(24)22-11-10-21-18(23)9-12-26-15-5-3-2-4-6-15/h2-8,13H,9-12H2,1H3,(H,21,23)(H,22,24). The minimum absolute atomic E-state index is 0.143. The first-order valence-electron chi connectivity index (χ1n) is 8.16. The van der Waals surface area contributed by atoms with E-state index in [2.05, 4.69) is 10.6 Å². The highest BCUT2D eigenvalue weighted by Gasteiger charge is 2.12. The van der Waals surface area contributed by atoms with E-state index < -0.39 is 0 Å². The number of para-hydroxylation sites is 1. The first kappa shape index (κ1) is 19.6. The van der Waals surface area contributed by atoms with Crippen molar-refractivity contribution in [3.63, 3.8) is 0 Å². The number of hydrogen-bond donors (Lipinski definition) is 2. The molecule has 2 rings (SSSR count). The van der Waals surface area contributed by atoms with E-state index in [4.69, 9.17) is 21.1 Å². The number of rotatable bonds is 9. The lowest BCUT2D eigenvalue weighted by atomic mass is 10.2. The fourth-order valence-electron chi connectivity index (χ4n) is 2.20. The Morgan fingerprint density at radius 1 is 1.04 bits per heavy atom. The van der Waals surface area contributed by atoms with Gasteiger partial charge in [0.25, 0.3) is 5.91 Å². The molecule has 0 bridgehead atoms. The van der Waals surface area contributed by atoms with E-state index in [-0.39, 0.29) is 18.2 Å². The SMILES string of the molecule is COc1ccc(Cl)cc1C(=O)NCCNC(=O)CCOc1ccccc1. The molecule has 0 unspecified atom stereocenters. The smallest absolute Gasteiger partial charge is 0.255 e. The van der Waals surface area contributed by atoms with Gasteiger partial charge in [0.1, 0.15) is 11.5 Å². The summed E-state index contributed by atoms with van der Waals surface area (Å²) in [6.07, 6.45) is 0.241. The molecule has 7 heteroatoms. The lowest BCUT2D eigenvalue weighted by Gasteiger charge is -2.10. The largest absolute Gasteiger partial charge is 0.496 e. The summed E-state index contributed by atoms with van der Waals surface area (Å²) in [4.78, 5) is 23.9. The van der Waals surface area contributed by atoms with Crippen LogP contribution in [-0.2, 0) is 4.79 Å². The van der Waals surface area contributed by atoms with Crippen molar-refractivity contribution in [2.45, 2.75) is 6.42 Å². The van der Waals surface area contributed by atoms with Gasteiger partial charge in [-0.05, 0) is 30.3 Å². The molecule has 2 aromatic rings. The van der Waals surface area contributed by atoms with Crippen molar-refractivity contribution >= 4 is 23.4 Å². The third-order valence-electron chi connectivity index (χ3n) is 3.48. The molecule has 0 aliphatic rings. The molecule has 2 N–H and O–H groups in total. The van der Waals surface area contributed by atoms with Crippen molar-refractivity contribution in [1.82, 2.24) is 10.6 Å². The second-order valence-electron chi connectivity index (χ2n) is 5.36. The average molecular weight is 377 g/mol. The molecule has 0 spiro atoms. The number of benzene rings is 2. The molecular formula is C19H21ClN2O4. The fourth-order valence-corrected chi connectivity index (χ4v) is 2.37. The minimum Gasteiger partial charge on any atom is -0.496 e. The number of ether oxygens (including phenoxy) is 2. The second-order valence-corrected chi connectivity index (χ2v) is 5.80. The molecule has 6 nitrogen and oxygen atoms in total. The van der Waals surface area contributed by atoms with Crippen molar-refractivity contribution in [3.05, 3.63) is 59.1 Å². The molecule has 0 atom stereocenters. The first-order chi connectivity index (χ1) is 12.6. The fraction of sp³-hybridized carbons (Fsp3) is 0.263. The Kier molecular flexibility index (Phi) is 7.76. The molecule has 2 amide bonds. The molecule has 0 saturated carbocycles. The monoisotopic (exact) mass is 376 g/mol. The Labute approximate surface area is 157 Å². The number of nitrogens with one attached hydrogen (secondary N) is 2. The molecule has 2 aromatic carbocycles. The van der Waals surface area contributed by atoms with Gasteiger partial charge in [0, 0.05) is 18.1 Å². The van der Waals surface area contributed by atoms with Crippen LogP contribution in [0.3, 0.4) is 0 Å². The zero-order valence-electron chi connectivity index (χ0n) is 14.5. The van der Waals surface area contributed by atoms with Crippen LogP contribution in [-0.4, -0.2) is 38.6 Å². The summed E-state index contributed by atoms with van der Waals surface area (Å²) in [7, 11) is 1.48. The number of amides is 2. The normalized spacial score (nSPS) is 10.1. The van der Waals surface area contributed by atoms with Gasteiger partial charge in [0.15, 0.2) is 0 Å². The summed E-state index contributed by atoms with van der Waals surface area (Å²) in [5, 5.41) is 5.89. The van der Waals surface area contributed by atoms with Gasteiger partial charge in [0.2, 0.25) is 5.91 Å². The van der Waals surface area contributed by atoms with Crippen LogP contribution < -0.4 is 20.1 Å². The summed E-state index contributed by atoms with van der Waals surface area (Å²) in [6.45, 7) is 0.903. The van der Waals surface area contributed by atoms with Crippen LogP contribution in [0.4, 0.5) is 0 Å². The van der Waals surface area contributed by atoms with Gasteiger partial charge in [-0.1, -0.05) is 29.8 Å². The molecule has 138 valence electrons. The Hall–Kier alpha value is -2.73. The van der Waals surface area contributed by atoms with Crippen molar-refractivity contribution in [3.8, 4) is 11.5 Å². The topological polar surface area (TPSA) is 76.7 Å². The Balaban J connectivity index is 1.66. The third-order valence-corrected chi connectivity index (χ3v) is 3.72. The maximum absolute atomic E-state index is 12.2. The second kappa shape index (κ2) is 10.3. The van der Waals surface area contributed by atoms with E-state index in [0.717, 1.165) is 5.75 Å². The van der Waals surface area contributed by atoms with Crippen LogP contribution in [0.2, 0.25) is 5.02 Å². The number of hydrogen-bond acceptors (Lipinski definition) is 4. The van der Waals surface area contributed by atoms with Gasteiger partial charge in [-0.3, -0.25) is 9.59 Å². The zero-order chi connectivity index (χ0) is 18.8. The number of carbonyl (C=O) groups is 2. The van der Waals surface area contributed by atoms with Gasteiger partial charge < -0.3 is 20.1 Å². The molecule has 26 heavy (non-hydrogen) atoms. The van der Waals surface area contributed by atoms with Crippen LogP contribution >= 0.6 is 11.6 Å². The van der Waals surface area contributed by atoms with Crippen molar-refractivity contribution < 1.29 is 19.1 Å². The Bertz CT molecular complexity index is 738. The zero-order valence-corrected chi connectivity index (χ0v) is 15.2. The molecule has 0 radical (unpaired) electrons. The first-order valence-corrected chi connectivity index (χ1v) is 8.54. The Morgan fingerprint density at radius 3 is 2.50 bits per heavy atom. The van der Waals surface area contributed by atoms with Crippen LogP contribution in [0.25, 0.3) is 0 Å². The van der Waals surface area contributed by atoms with Crippen molar-refractivity contribution in [2.24, 2.45) is 0 Å². The van der Waals surface area contributed by atoms with Gasteiger partial charge >= 0.3 is 0 Å². The molecule has 0 aliphatic carbocycles. The summed E-state index contributed by atoms with van der Waals surface area (Å²) in [6, 6.07) is 14.1. The summed E-state index contributed by atoms with van der Waals surface area (Å²) < 4.78 is 10.6. The van der Waals surface area contributed by atoms with Gasteiger partial charge in [-0.25, -0.2) is 0 Å². The van der Waals surface area contributed by atoms with Gasteiger partial charge in [-0.15, -0.1) is 0 Å². The van der Waals surface area contributed by atoms with E-state index in [1.54, 1.807) is 12.1 Å². The van der Waals surface area contributed by atoms with Crippen LogP contribution in [0.15, 0.2) is 48.5 Å². The number of carbonyl (C=O) groups excluding carboxylic acids is 2. The van der Waals surface area contributed by atoms with E-state index in [9.17, 15) is 9.59 Å². The lowest BCUT2D eigenvalue weighted by Crippen LogP contribution is -2.35. The summed E-state index contributed by atoms with van der Waals surface area (Å²) in [5.41, 5.74) is 0.350. The van der Waals surface area contributed by atoms with Crippen LogP contribution in [0.1, 0.15) is 16.8 Å². The molecule has 0 aliphatic heterocycles. The third kappa shape index (κ3) is 6.29. The highest BCUT2D eigenvalue weighted by atomic mass is 35.5. The van der Waals surface area contributed by atoms with E-state index in [0.29, 0.717) is 36.0 Å². The minimum atomic E-state index is -0.314. The average Bonchev–Trinajstić information content (AvgIpc) is 2.66. The molecule has 0 heterocycles. The van der Waals surface area contributed by atoms with Crippen molar-refractivity contribution in [2.75, 3.05) is 26.8 Å². The Morgan fingerprint density at radius 2 is 1.77 bits per heavy atom. The predicted octanol–water partition coefficient (Wildman–Crippen LogP) is 2.66. The van der Waals surface area contributed by atoms with E-state index in [1.807, 2.05) is 30.3 Å². The number of halogens is 1. The van der Waals surface area contributed by atoms with Crippen molar-refractivity contribution in [1.29, 1.82) is 0 Å². The van der Waals surface area contributed by atoms with Gasteiger partial charge in [0.05, 0.1) is 25.7 Å². The predicted molar refractivity (Wildman–Crippen MR) is 99.9 cm³/mol. The van der Waals surface area contributed by atoms with Gasteiger partial charge in [-0.2, -0.15) is 0 Å². The maximum atomic E-state index is 12.2. The van der Waals surface area contributed by atoms with E-state index in [1.165, 1.54) is 13.2 Å². The summed E-state index contributed by atoms with van der Waals surface area (Å²) >= 11 is 5.91. The molecule has 0 fully saturated rings. The number of methoxy groups -OCH3 is 1. The lowest BCUT2D eigenvalue weighted by molar-refractivity contribution is -0.121. The summed E-state index contributed by atoms with van der Waals surface area (Å²) in [5.74, 6) is 0.707. The molecule has 0 saturated heterocycles. The molecule has 0 aromatic heterocycles. The van der Waals surface area contributed by atoms with Crippen LogP contribution in [0.5, 0.6) is 11.5 Å². The quantitative estimate of drug-likeness (QED) is 0.660.